The van der Waals surface area contributed by atoms with Crippen molar-refractivity contribution in [2.75, 3.05) is 11.9 Å². The van der Waals surface area contributed by atoms with E-state index in [4.69, 9.17) is 4.74 Å². The maximum absolute atomic E-state index is 12.1. The first-order valence-corrected chi connectivity index (χ1v) is 7.47. The predicted molar refractivity (Wildman–Crippen MR) is 85.6 cm³/mol. The van der Waals surface area contributed by atoms with Gasteiger partial charge in [0.1, 0.15) is 5.75 Å². The molecule has 0 saturated heterocycles. The summed E-state index contributed by atoms with van der Waals surface area (Å²) >= 11 is 0. The van der Waals surface area contributed by atoms with E-state index in [2.05, 4.69) is 17.2 Å². The average Bonchev–Trinajstić information content (AvgIpc) is 3.27. The smallest absolute Gasteiger partial charge is 0.228 e. The molecule has 2 atom stereocenters. The third-order valence-electron chi connectivity index (χ3n) is 3.38. The van der Waals surface area contributed by atoms with Gasteiger partial charge in [0.15, 0.2) is 0 Å². The molecule has 0 heterocycles. The second-order valence-corrected chi connectivity index (χ2v) is 5.66. The van der Waals surface area contributed by atoms with E-state index in [-0.39, 0.29) is 29.8 Å². The van der Waals surface area contributed by atoms with E-state index < -0.39 is 0 Å². The lowest BCUT2D eigenvalue weighted by atomic mass is 10.2. The van der Waals surface area contributed by atoms with Crippen molar-refractivity contribution in [1.29, 1.82) is 0 Å². The Hall–Kier alpha value is -2.30. The molecule has 1 aliphatic rings. The first kappa shape index (κ1) is 16.1. The zero-order valence-electron chi connectivity index (χ0n) is 13.0. The minimum absolute atomic E-state index is 0.0827. The van der Waals surface area contributed by atoms with Crippen LogP contribution in [0.5, 0.6) is 5.75 Å². The van der Waals surface area contributed by atoms with Gasteiger partial charge in [-0.2, -0.15) is 0 Å². The Balaban J connectivity index is 1.83. The number of ether oxygens (including phenoxy) is 1. The quantitative estimate of drug-likeness (QED) is 0.760. The van der Waals surface area contributed by atoms with E-state index in [0.29, 0.717) is 18.7 Å². The van der Waals surface area contributed by atoms with Crippen molar-refractivity contribution in [3.8, 4) is 5.75 Å². The molecule has 22 heavy (non-hydrogen) atoms. The summed E-state index contributed by atoms with van der Waals surface area (Å²) < 4.78 is 5.55. The van der Waals surface area contributed by atoms with Crippen molar-refractivity contribution in [2.45, 2.75) is 26.4 Å². The van der Waals surface area contributed by atoms with Crippen LogP contribution >= 0.6 is 0 Å². The van der Waals surface area contributed by atoms with Crippen molar-refractivity contribution >= 4 is 17.5 Å². The fourth-order valence-electron chi connectivity index (χ4n) is 2.20. The molecule has 5 nitrogen and oxygen atoms in total. The van der Waals surface area contributed by atoms with Crippen LogP contribution in [0.1, 0.15) is 20.3 Å². The summed E-state index contributed by atoms with van der Waals surface area (Å²) in [5.74, 6) is 0.109. The lowest BCUT2D eigenvalue weighted by molar-refractivity contribution is -0.125. The number of hydrogen-bond donors (Lipinski definition) is 2. The van der Waals surface area contributed by atoms with Gasteiger partial charge in [-0.1, -0.05) is 6.08 Å². The van der Waals surface area contributed by atoms with Crippen molar-refractivity contribution in [1.82, 2.24) is 5.32 Å². The molecular formula is C17H22N2O3. The molecule has 1 fully saturated rings. The number of rotatable bonds is 7. The molecule has 2 unspecified atom stereocenters. The number of nitrogens with one attached hydrogen (secondary N) is 2. The van der Waals surface area contributed by atoms with Crippen molar-refractivity contribution in [3.63, 3.8) is 0 Å². The molecule has 0 radical (unpaired) electrons. The van der Waals surface area contributed by atoms with E-state index >= 15 is 0 Å². The zero-order valence-corrected chi connectivity index (χ0v) is 13.0. The molecule has 0 aromatic heterocycles. The number of benzene rings is 1. The maximum atomic E-state index is 12.1. The fourth-order valence-corrected chi connectivity index (χ4v) is 2.20. The van der Waals surface area contributed by atoms with Crippen LogP contribution in [0.3, 0.4) is 0 Å². The van der Waals surface area contributed by atoms with Gasteiger partial charge < -0.3 is 15.4 Å². The summed E-state index contributed by atoms with van der Waals surface area (Å²) in [5, 5.41) is 5.55. The predicted octanol–water partition coefficient (Wildman–Crippen LogP) is 2.35. The van der Waals surface area contributed by atoms with Crippen LogP contribution in [-0.2, 0) is 9.59 Å². The minimum Gasteiger partial charge on any atom is -0.491 e. The topological polar surface area (TPSA) is 67.4 Å². The third kappa shape index (κ3) is 4.35. The Labute approximate surface area is 130 Å². The van der Waals surface area contributed by atoms with Gasteiger partial charge in [-0.15, -0.1) is 6.58 Å². The van der Waals surface area contributed by atoms with Crippen molar-refractivity contribution in [3.05, 3.63) is 36.9 Å². The number of carbonyl (C=O) groups is 2. The molecule has 1 aromatic rings. The zero-order chi connectivity index (χ0) is 16.1. The van der Waals surface area contributed by atoms with E-state index in [9.17, 15) is 9.59 Å². The van der Waals surface area contributed by atoms with Crippen LogP contribution in [0.2, 0.25) is 0 Å². The van der Waals surface area contributed by atoms with Gasteiger partial charge in [0.05, 0.1) is 17.9 Å². The molecule has 0 aliphatic heterocycles. The molecule has 5 heteroatoms. The van der Waals surface area contributed by atoms with Gasteiger partial charge in [0, 0.05) is 12.2 Å². The third-order valence-corrected chi connectivity index (χ3v) is 3.38. The average molecular weight is 302 g/mol. The second-order valence-electron chi connectivity index (χ2n) is 5.66. The highest BCUT2D eigenvalue weighted by Gasteiger charge is 2.47. The molecule has 0 bridgehead atoms. The summed E-state index contributed by atoms with van der Waals surface area (Å²) in [6.45, 7) is 7.89. The normalized spacial score (nSPS) is 19.4. The summed E-state index contributed by atoms with van der Waals surface area (Å²) in [6.07, 6.45) is 2.33. The first-order chi connectivity index (χ1) is 10.5. The van der Waals surface area contributed by atoms with Gasteiger partial charge >= 0.3 is 0 Å². The Morgan fingerprint density at radius 1 is 1.27 bits per heavy atom. The van der Waals surface area contributed by atoms with Gasteiger partial charge in [-0.05, 0) is 44.5 Å². The molecule has 0 spiro atoms. The van der Waals surface area contributed by atoms with Crippen LogP contribution < -0.4 is 15.4 Å². The van der Waals surface area contributed by atoms with E-state index in [1.807, 2.05) is 26.0 Å². The lowest BCUT2D eigenvalue weighted by Crippen LogP contribution is -2.27. The van der Waals surface area contributed by atoms with Crippen LogP contribution in [0.15, 0.2) is 36.9 Å². The maximum Gasteiger partial charge on any atom is 0.228 e. The minimum atomic E-state index is -0.239. The molecule has 1 saturated carbocycles. The van der Waals surface area contributed by atoms with Crippen molar-refractivity contribution in [2.24, 2.45) is 11.8 Å². The highest BCUT2D eigenvalue weighted by Crippen LogP contribution is 2.39. The summed E-state index contributed by atoms with van der Waals surface area (Å²) in [6, 6.07) is 7.23. The molecule has 118 valence electrons. The number of carbonyl (C=O) groups excluding carboxylic acids is 2. The SMILES string of the molecule is C=CCNC(=O)C1CC1C(=O)Nc1ccc(OC(C)C)cc1. The van der Waals surface area contributed by atoms with Crippen LogP contribution in [0.25, 0.3) is 0 Å². The standard InChI is InChI=1S/C17H22N2O3/c1-4-9-18-16(20)14-10-15(14)17(21)19-12-5-7-13(8-6-12)22-11(2)3/h4-8,11,14-15H,1,9-10H2,2-3H3,(H,18,20)(H,19,21). The lowest BCUT2D eigenvalue weighted by Gasteiger charge is -2.10. The largest absolute Gasteiger partial charge is 0.491 e. The summed E-state index contributed by atoms with van der Waals surface area (Å²) in [4.78, 5) is 23.8. The summed E-state index contributed by atoms with van der Waals surface area (Å²) in [7, 11) is 0. The van der Waals surface area contributed by atoms with Gasteiger partial charge in [-0.25, -0.2) is 0 Å². The highest BCUT2D eigenvalue weighted by atomic mass is 16.5. The van der Waals surface area contributed by atoms with E-state index in [1.165, 1.54) is 0 Å². The van der Waals surface area contributed by atoms with E-state index in [0.717, 1.165) is 5.75 Å². The molecule has 1 aromatic carbocycles. The molecule has 1 aliphatic carbocycles. The Kier molecular flexibility index (Phi) is 5.20. The van der Waals surface area contributed by atoms with Crippen LogP contribution in [-0.4, -0.2) is 24.5 Å². The second kappa shape index (κ2) is 7.11. The number of amides is 2. The Morgan fingerprint density at radius 2 is 1.91 bits per heavy atom. The number of hydrogen-bond acceptors (Lipinski definition) is 3. The molecule has 2 amide bonds. The molecule has 2 rings (SSSR count). The highest BCUT2D eigenvalue weighted by molar-refractivity contribution is 5.99. The van der Waals surface area contributed by atoms with Crippen LogP contribution in [0.4, 0.5) is 5.69 Å². The molecular weight excluding hydrogens is 280 g/mol. The van der Waals surface area contributed by atoms with Gasteiger partial charge in [0.25, 0.3) is 0 Å². The monoisotopic (exact) mass is 302 g/mol. The van der Waals surface area contributed by atoms with Gasteiger partial charge in [-0.3, -0.25) is 9.59 Å². The Bertz CT molecular complexity index is 552. The first-order valence-electron chi connectivity index (χ1n) is 7.47. The Morgan fingerprint density at radius 3 is 2.50 bits per heavy atom. The fraction of sp³-hybridized carbons (Fsp3) is 0.412. The van der Waals surface area contributed by atoms with Crippen molar-refractivity contribution < 1.29 is 14.3 Å². The van der Waals surface area contributed by atoms with Crippen LogP contribution in [0, 0.1) is 11.8 Å². The molecule has 2 N–H and O–H groups in total. The van der Waals surface area contributed by atoms with E-state index in [1.54, 1.807) is 18.2 Å². The summed E-state index contributed by atoms with van der Waals surface area (Å²) in [5.41, 5.74) is 0.707. The van der Waals surface area contributed by atoms with Gasteiger partial charge in [0.2, 0.25) is 11.8 Å². The number of anilines is 1.